The molecule has 20 heavy (non-hydrogen) atoms. The minimum Gasteiger partial charge on any atom is -0.480 e. The predicted molar refractivity (Wildman–Crippen MR) is 75.0 cm³/mol. The molecular formula is C13H15N3O3S. The monoisotopic (exact) mass is 293 g/mol. The van der Waals surface area contributed by atoms with E-state index in [9.17, 15) is 14.7 Å². The summed E-state index contributed by atoms with van der Waals surface area (Å²) in [6.45, 7) is 3.75. The van der Waals surface area contributed by atoms with Crippen molar-refractivity contribution in [3.63, 3.8) is 0 Å². The second-order valence-electron chi connectivity index (χ2n) is 4.47. The van der Waals surface area contributed by atoms with E-state index in [2.05, 4.69) is 15.3 Å². The summed E-state index contributed by atoms with van der Waals surface area (Å²) in [6, 6.07) is 0.785. The summed E-state index contributed by atoms with van der Waals surface area (Å²) in [6.07, 6.45) is 3.19. The summed E-state index contributed by atoms with van der Waals surface area (Å²) in [5, 5.41) is 11.7. The van der Waals surface area contributed by atoms with Crippen LogP contribution in [0.25, 0.3) is 0 Å². The first-order chi connectivity index (χ1) is 9.47. The summed E-state index contributed by atoms with van der Waals surface area (Å²) in [7, 11) is 0. The number of rotatable bonds is 5. The molecule has 2 rings (SSSR count). The normalized spacial score (nSPS) is 12.1. The zero-order chi connectivity index (χ0) is 14.7. The molecule has 0 bridgehead atoms. The lowest BCUT2D eigenvalue weighted by Gasteiger charge is -2.13. The van der Waals surface area contributed by atoms with Crippen molar-refractivity contribution in [2.75, 3.05) is 0 Å². The summed E-state index contributed by atoms with van der Waals surface area (Å²) < 4.78 is 0. The Morgan fingerprint density at radius 3 is 2.75 bits per heavy atom. The fourth-order valence-electron chi connectivity index (χ4n) is 1.91. The third-order valence-electron chi connectivity index (χ3n) is 2.87. The molecule has 2 heterocycles. The van der Waals surface area contributed by atoms with Gasteiger partial charge in [-0.25, -0.2) is 9.78 Å². The van der Waals surface area contributed by atoms with E-state index in [0.29, 0.717) is 11.3 Å². The second kappa shape index (κ2) is 5.87. The Morgan fingerprint density at radius 2 is 2.25 bits per heavy atom. The highest BCUT2D eigenvalue weighted by Crippen LogP contribution is 2.20. The molecule has 0 unspecified atom stereocenters. The van der Waals surface area contributed by atoms with Crippen LogP contribution in [-0.4, -0.2) is 33.0 Å². The molecule has 0 spiro atoms. The van der Waals surface area contributed by atoms with Gasteiger partial charge in [-0.3, -0.25) is 4.79 Å². The zero-order valence-electron chi connectivity index (χ0n) is 11.1. The van der Waals surface area contributed by atoms with Gasteiger partial charge in [0.15, 0.2) is 0 Å². The third kappa shape index (κ3) is 3.24. The molecule has 0 aliphatic rings. The smallest absolute Gasteiger partial charge is 0.326 e. The average molecular weight is 293 g/mol. The number of thiophene rings is 1. The molecule has 0 fully saturated rings. The van der Waals surface area contributed by atoms with Crippen LogP contribution in [0.15, 0.2) is 18.6 Å². The molecule has 1 atom stereocenters. The van der Waals surface area contributed by atoms with Crippen molar-refractivity contribution in [2.45, 2.75) is 26.3 Å². The van der Waals surface area contributed by atoms with Gasteiger partial charge in [0.2, 0.25) is 0 Å². The van der Waals surface area contributed by atoms with Crippen molar-refractivity contribution in [1.29, 1.82) is 0 Å². The summed E-state index contributed by atoms with van der Waals surface area (Å²) in [5.41, 5.74) is 1.19. The number of aromatic nitrogens is 2. The molecule has 0 saturated heterocycles. The molecule has 106 valence electrons. The van der Waals surface area contributed by atoms with E-state index in [1.807, 2.05) is 13.8 Å². The Balaban J connectivity index is 2.10. The summed E-state index contributed by atoms with van der Waals surface area (Å²) >= 11 is 1.51. The number of imidazole rings is 1. The maximum Gasteiger partial charge on any atom is 0.326 e. The minimum absolute atomic E-state index is 0.170. The first kappa shape index (κ1) is 14.3. The number of H-pyrrole nitrogens is 1. The molecule has 0 radical (unpaired) electrons. The van der Waals surface area contributed by atoms with Crippen molar-refractivity contribution >= 4 is 23.2 Å². The van der Waals surface area contributed by atoms with Crippen molar-refractivity contribution in [2.24, 2.45) is 0 Å². The van der Waals surface area contributed by atoms with Crippen LogP contribution in [-0.2, 0) is 11.2 Å². The number of aryl methyl sites for hydroxylation is 2. The van der Waals surface area contributed by atoms with E-state index in [0.717, 1.165) is 9.75 Å². The quantitative estimate of drug-likeness (QED) is 0.778. The maximum atomic E-state index is 12.1. The molecule has 0 saturated carbocycles. The number of aliphatic carboxylic acids is 1. The third-order valence-corrected chi connectivity index (χ3v) is 3.83. The van der Waals surface area contributed by atoms with Gasteiger partial charge in [-0.05, 0) is 19.9 Å². The van der Waals surface area contributed by atoms with E-state index in [1.165, 1.54) is 17.7 Å². The number of carboxylic acid groups (broad SMARTS) is 1. The maximum absolute atomic E-state index is 12.1. The standard InChI is InChI=1S/C13H15N3O3S/c1-7-3-10(8(2)20-7)12(17)16-11(13(18)19)4-9-5-14-6-15-9/h3,5-6,11H,4H2,1-2H3,(H,14,15)(H,16,17)(H,18,19)/t11-/m1/s1. The molecule has 3 N–H and O–H groups in total. The number of amides is 1. The molecule has 2 aromatic rings. The van der Waals surface area contributed by atoms with Gasteiger partial charge in [-0.2, -0.15) is 0 Å². The number of aromatic amines is 1. The Kier molecular flexibility index (Phi) is 4.19. The highest BCUT2D eigenvalue weighted by Gasteiger charge is 2.23. The SMILES string of the molecule is Cc1cc(C(=O)N[C@H](Cc2cnc[nH]2)C(=O)O)c(C)s1. The van der Waals surface area contributed by atoms with Gasteiger partial charge in [-0.1, -0.05) is 0 Å². The fourth-order valence-corrected chi connectivity index (χ4v) is 2.83. The zero-order valence-corrected chi connectivity index (χ0v) is 12.0. The Morgan fingerprint density at radius 1 is 1.50 bits per heavy atom. The van der Waals surface area contributed by atoms with Crippen LogP contribution in [0.2, 0.25) is 0 Å². The first-order valence-corrected chi connectivity index (χ1v) is 6.87. The largest absolute Gasteiger partial charge is 0.480 e. The Labute approximate surface area is 119 Å². The van der Waals surface area contributed by atoms with Crippen LogP contribution in [0.5, 0.6) is 0 Å². The van der Waals surface area contributed by atoms with E-state index in [4.69, 9.17) is 0 Å². The summed E-state index contributed by atoms with van der Waals surface area (Å²) in [5.74, 6) is -1.43. The average Bonchev–Trinajstić information content (AvgIpc) is 2.97. The minimum atomic E-state index is -1.07. The molecule has 0 aliphatic heterocycles. The van der Waals surface area contributed by atoms with E-state index in [-0.39, 0.29) is 12.3 Å². The number of carbonyl (C=O) groups is 2. The highest BCUT2D eigenvalue weighted by molar-refractivity contribution is 7.12. The van der Waals surface area contributed by atoms with Gasteiger partial charge in [0.1, 0.15) is 6.04 Å². The lowest BCUT2D eigenvalue weighted by Crippen LogP contribution is -2.42. The van der Waals surface area contributed by atoms with Crippen LogP contribution in [0.3, 0.4) is 0 Å². The topological polar surface area (TPSA) is 95.1 Å². The number of hydrogen-bond acceptors (Lipinski definition) is 4. The van der Waals surface area contributed by atoms with Crippen molar-refractivity contribution in [3.05, 3.63) is 39.6 Å². The van der Waals surface area contributed by atoms with Crippen LogP contribution in [0.4, 0.5) is 0 Å². The van der Waals surface area contributed by atoms with Gasteiger partial charge < -0.3 is 15.4 Å². The molecule has 1 amide bonds. The van der Waals surface area contributed by atoms with Crippen LogP contribution < -0.4 is 5.32 Å². The number of carboxylic acids is 1. The van der Waals surface area contributed by atoms with Gasteiger partial charge in [0, 0.05) is 28.1 Å². The Bertz CT molecular complexity index is 619. The van der Waals surface area contributed by atoms with Crippen molar-refractivity contribution in [3.8, 4) is 0 Å². The lowest BCUT2D eigenvalue weighted by molar-refractivity contribution is -0.139. The second-order valence-corrected chi connectivity index (χ2v) is 5.93. The molecule has 2 aromatic heterocycles. The van der Waals surface area contributed by atoms with Crippen molar-refractivity contribution < 1.29 is 14.7 Å². The van der Waals surface area contributed by atoms with Crippen LogP contribution >= 0.6 is 11.3 Å². The van der Waals surface area contributed by atoms with Gasteiger partial charge in [-0.15, -0.1) is 11.3 Å². The fraction of sp³-hybridized carbons (Fsp3) is 0.308. The number of nitrogens with zero attached hydrogens (tertiary/aromatic N) is 1. The summed E-state index contributed by atoms with van der Waals surface area (Å²) in [4.78, 5) is 31.9. The number of nitrogens with one attached hydrogen (secondary N) is 2. The number of hydrogen-bond donors (Lipinski definition) is 3. The number of carbonyl (C=O) groups excluding carboxylic acids is 1. The van der Waals surface area contributed by atoms with Gasteiger partial charge in [0.25, 0.3) is 5.91 Å². The predicted octanol–water partition coefficient (Wildman–Crippen LogP) is 1.51. The molecule has 6 nitrogen and oxygen atoms in total. The Hall–Kier alpha value is -2.15. The molecular weight excluding hydrogens is 278 g/mol. The molecule has 7 heteroatoms. The van der Waals surface area contributed by atoms with Crippen LogP contribution in [0, 0.1) is 13.8 Å². The van der Waals surface area contributed by atoms with E-state index in [1.54, 1.807) is 12.3 Å². The van der Waals surface area contributed by atoms with Gasteiger partial charge in [0.05, 0.1) is 11.9 Å². The lowest BCUT2D eigenvalue weighted by atomic mass is 10.1. The van der Waals surface area contributed by atoms with Crippen LogP contribution in [0.1, 0.15) is 25.8 Å². The highest BCUT2D eigenvalue weighted by atomic mass is 32.1. The van der Waals surface area contributed by atoms with Crippen molar-refractivity contribution in [1.82, 2.24) is 15.3 Å². The molecule has 0 aliphatic carbocycles. The van der Waals surface area contributed by atoms with E-state index < -0.39 is 12.0 Å². The first-order valence-electron chi connectivity index (χ1n) is 6.05. The van der Waals surface area contributed by atoms with E-state index >= 15 is 0 Å². The molecule has 0 aromatic carbocycles. The van der Waals surface area contributed by atoms with Gasteiger partial charge >= 0.3 is 5.97 Å².